The molecule has 96 valence electrons. The summed E-state index contributed by atoms with van der Waals surface area (Å²) < 4.78 is 3.09. The number of nitrogens with zero attached hydrogens (tertiary/aromatic N) is 2. The standard InChI is InChI=1S/C14H18BrN3/c1-10(2)14-11(7-8-16)9-17-18(14)13-5-3-12(15)4-6-13/h3-6,9-10H,7-8,16H2,1-2H3. The molecule has 2 N–H and O–H groups in total. The summed E-state index contributed by atoms with van der Waals surface area (Å²) in [6, 6.07) is 8.19. The highest BCUT2D eigenvalue weighted by molar-refractivity contribution is 9.10. The molecule has 0 bridgehead atoms. The quantitative estimate of drug-likeness (QED) is 0.942. The lowest BCUT2D eigenvalue weighted by Crippen LogP contribution is -2.08. The summed E-state index contributed by atoms with van der Waals surface area (Å²) in [5, 5.41) is 4.50. The van der Waals surface area contributed by atoms with E-state index in [-0.39, 0.29) is 0 Å². The molecule has 0 radical (unpaired) electrons. The van der Waals surface area contributed by atoms with Gasteiger partial charge in [0.25, 0.3) is 0 Å². The van der Waals surface area contributed by atoms with Crippen LogP contribution < -0.4 is 5.73 Å². The van der Waals surface area contributed by atoms with Gasteiger partial charge in [0.15, 0.2) is 0 Å². The van der Waals surface area contributed by atoms with Gasteiger partial charge in [-0.25, -0.2) is 4.68 Å². The maximum absolute atomic E-state index is 5.65. The fraction of sp³-hybridized carbons (Fsp3) is 0.357. The van der Waals surface area contributed by atoms with Crippen LogP contribution in [0.4, 0.5) is 0 Å². The Morgan fingerprint density at radius 1 is 1.28 bits per heavy atom. The number of hydrogen-bond donors (Lipinski definition) is 1. The van der Waals surface area contributed by atoms with Gasteiger partial charge in [-0.15, -0.1) is 0 Å². The van der Waals surface area contributed by atoms with Crippen LogP contribution in [0.2, 0.25) is 0 Å². The zero-order valence-corrected chi connectivity index (χ0v) is 12.3. The molecule has 1 aromatic heterocycles. The van der Waals surface area contributed by atoms with E-state index in [1.807, 2.05) is 23.0 Å². The van der Waals surface area contributed by atoms with Gasteiger partial charge in [-0.1, -0.05) is 29.8 Å². The van der Waals surface area contributed by atoms with Crippen LogP contribution in [0, 0.1) is 0 Å². The maximum atomic E-state index is 5.65. The molecule has 1 aromatic carbocycles. The van der Waals surface area contributed by atoms with E-state index in [9.17, 15) is 0 Å². The van der Waals surface area contributed by atoms with Gasteiger partial charge in [0.1, 0.15) is 0 Å². The van der Waals surface area contributed by atoms with E-state index in [0.29, 0.717) is 12.5 Å². The molecule has 0 amide bonds. The highest BCUT2D eigenvalue weighted by atomic mass is 79.9. The predicted molar refractivity (Wildman–Crippen MR) is 78.1 cm³/mol. The third-order valence-corrected chi connectivity index (χ3v) is 3.45. The van der Waals surface area contributed by atoms with Crippen molar-refractivity contribution in [3.8, 4) is 5.69 Å². The minimum Gasteiger partial charge on any atom is -0.330 e. The molecule has 2 aromatic rings. The average molecular weight is 308 g/mol. The molecule has 0 unspecified atom stereocenters. The Kier molecular flexibility index (Phi) is 4.19. The third-order valence-electron chi connectivity index (χ3n) is 2.92. The van der Waals surface area contributed by atoms with Crippen molar-refractivity contribution in [2.24, 2.45) is 5.73 Å². The average Bonchev–Trinajstić information content (AvgIpc) is 2.74. The van der Waals surface area contributed by atoms with Gasteiger partial charge < -0.3 is 5.73 Å². The lowest BCUT2D eigenvalue weighted by molar-refractivity contribution is 0.724. The first-order valence-electron chi connectivity index (χ1n) is 6.16. The van der Waals surface area contributed by atoms with Gasteiger partial charge in [0, 0.05) is 4.47 Å². The van der Waals surface area contributed by atoms with Gasteiger partial charge in [-0.05, 0) is 48.7 Å². The van der Waals surface area contributed by atoms with Crippen molar-refractivity contribution >= 4 is 15.9 Å². The predicted octanol–water partition coefficient (Wildman–Crippen LogP) is 3.26. The van der Waals surface area contributed by atoms with Crippen LogP contribution >= 0.6 is 15.9 Å². The Labute approximate surface area is 116 Å². The van der Waals surface area contributed by atoms with E-state index in [1.165, 1.54) is 11.3 Å². The molecule has 1 heterocycles. The summed E-state index contributed by atoms with van der Waals surface area (Å²) in [6.07, 6.45) is 2.81. The summed E-state index contributed by atoms with van der Waals surface area (Å²) in [5.41, 5.74) is 9.24. The summed E-state index contributed by atoms with van der Waals surface area (Å²) >= 11 is 3.45. The molecule has 0 spiro atoms. The normalized spacial score (nSPS) is 11.2. The van der Waals surface area contributed by atoms with Crippen LogP contribution in [0.3, 0.4) is 0 Å². The van der Waals surface area contributed by atoms with Crippen molar-refractivity contribution < 1.29 is 0 Å². The molecule has 0 fully saturated rings. The zero-order valence-electron chi connectivity index (χ0n) is 10.7. The SMILES string of the molecule is CC(C)c1c(CCN)cnn1-c1ccc(Br)cc1. The van der Waals surface area contributed by atoms with E-state index in [2.05, 4.69) is 47.0 Å². The Bertz CT molecular complexity index is 514. The zero-order chi connectivity index (χ0) is 13.1. The van der Waals surface area contributed by atoms with Gasteiger partial charge in [0.2, 0.25) is 0 Å². The van der Waals surface area contributed by atoms with E-state index in [4.69, 9.17) is 5.73 Å². The van der Waals surface area contributed by atoms with Crippen molar-refractivity contribution in [3.05, 3.63) is 46.2 Å². The Morgan fingerprint density at radius 3 is 2.50 bits per heavy atom. The van der Waals surface area contributed by atoms with E-state index in [0.717, 1.165) is 16.6 Å². The summed E-state index contributed by atoms with van der Waals surface area (Å²) in [7, 11) is 0. The summed E-state index contributed by atoms with van der Waals surface area (Å²) in [5.74, 6) is 0.428. The van der Waals surface area contributed by atoms with Crippen molar-refractivity contribution in [1.82, 2.24) is 9.78 Å². The number of halogens is 1. The van der Waals surface area contributed by atoms with E-state index in [1.54, 1.807) is 0 Å². The largest absolute Gasteiger partial charge is 0.330 e. The molecule has 0 aliphatic heterocycles. The molecular weight excluding hydrogens is 290 g/mol. The van der Waals surface area contributed by atoms with Crippen LogP contribution in [0.1, 0.15) is 31.0 Å². The summed E-state index contributed by atoms with van der Waals surface area (Å²) in [4.78, 5) is 0. The minimum atomic E-state index is 0.428. The topological polar surface area (TPSA) is 43.8 Å². The number of nitrogens with two attached hydrogens (primary N) is 1. The van der Waals surface area contributed by atoms with Crippen LogP contribution in [0.15, 0.2) is 34.9 Å². The molecule has 0 saturated heterocycles. The molecule has 3 nitrogen and oxygen atoms in total. The van der Waals surface area contributed by atoms with Gasteiger partial charge >= 0.3 is 0 Å². The molecule has 4 heteroatoms. The van der Waals surface area contributed by atoms with Gasteiger partial charge in [0.05, 0.1) is 17.6 Å². The van der Waals surface area contributed by atoms with E-state index < -0.39 is 0 Å². The molecule has 2 rings (SSSR count). The number of aromatic nitrogens is 2. The summed E-state index contributed by atoms with van der Waals surface area (Å²) in [6.45, 7) is 5.03. The maximum Gasteiger partial charge on any atom is 0.0649 e. The molecule has 0 atom stereocenters. The van der Waals surface area contributed by atoms with Crippen LogP contribution in [0.25, 0.3) is 5.69 Å². The first-order chi connectivity index (χ1) is 8.63. The minimum absolute atomic E-state index is 0.428. The third kappa shape index (κ3) is 2.65. The van der Waals surface area contributed by atoms with Crippen molar-refractivity contribution in [2.75, 3.05) is 6.54 Å². The van der Waals surface area contributed by atoms with Crippen LogP contribution in [0.5, 0.6) is 0 Å². The molecule has 0 saturated carbocycles. The molecule has 0 aliphatic carbocycles. The Balaban J connectivity index is 2.47. The fourth-order valence-corrected chi connectivity index (χ4v) is 2.41. The van der Waals surface area contributed by atoms with Crippen LogP contribution in [-0.4, -0.2) is 16.3 Å². The smallest absolute Gasteiger partial charge is 0.0649 e. The van der Waals surface area contributed by atoms with E-state index >= 15 is 0 Å². The second kappa shape index (κ2) is 5.67. The monoisotopic (exact) mass is 307 g/mol. The lowest BCUT2D eigenvalue weighted by Gasteiger charge is -2.12. The van der Waals surface area contributed by atoms with Gasteiger partial charge in [-0.3, -0.25) is 0 Å². The second-order valence-electron chi connectivity index (χ2n) is 4.64. The first-order valence-corrected chi connectivity index (χ1v) is 6.95. The van der Waals surface area contributed by atoms with Gasteiger partial charge in [-0.2, -0.15) is 5.10 Å². The van der Waals surface area contributed by atoms with Crippen molar-refractivity contribution in [2.45, 2.75) is 26.2 Å². The molecule has 0 aliphatic rings. The number of rotatable bonds is 4. The highest BCUT2D eigenvalue weighted by Gasteiger charge is 2.14. The number of hydrogen-bond acceptors (Lipinski definition) is 2. The molecular formula is C14H18BrN3. The number of benzene rings is 1. The fourth-order valence-electron chi connectivity index (χ4n) is 2.14. The Hall–Kier alpha value is -1.13. The Morgan fingerprint density at radius 2 is 1.94 bits per heavy atom. The first kappa shape index (κ1) is 13.3. The van der Waals surface area contributed by atoms with Crippen molar-refractivity contribution in [3.63, 3.8) is 0 Å². The lowest BCUT2D eigenvalue weighted by atomic mass is 10.0. The second-order valence-corrected chi connectivity index (χ2v) is 5.55. The highest BCUT2D eigenvalue weighted by Crippen LogP contribution is 2.24. The van der Waals surface area contributed by atoms with Crippen LogP contribution in [-0.2, 0) is 6.42 Å². The molecule has 18 heavy (non-hydrogen) atoms. The van der Waals surface area contributed by atoms with Crippen molar-refractivity contribution in [1.29, 1.82) is 0 Å².